The van der Waals surface area contributed by atoms with Crippen molar-refractivity contribution < 1.29 is 22.8 Å². The quantitative estimate of drug-likeness (QED) is 0.805. The average Bonchev–Trinajstić information content (AvgIpc) is 2.57. The highest BCUT2D eigenvalue weighted by Gasteiger charge is 2.52. The van der Waals surface area contributed by atoms with Crippen molar-refractivity contribution in [2.45, 2.75) is 63.8 Å². The second kappa shape index (κ2) is 4.90. The summed E-state index contributed by atoms with van der Waals surface area (Å²) in [7, 11) is -0.486. The van der Waals surface area contributed by atoms with Crippen LogP contribution in [0.4, 0.5) is 8.78 Å². The van der Waals surface area contributed by atoms with Crippen LogP contribution in [0.3, 0.4) is 0 Å². The van der Waals surface area contributed by atoms with Crippen LogP contribution < -0.4 is 10.2 Å². The van der Waals surface area contributed by atoms with Crippen molar-refractivity contribution >= 4 is 12.6 Å². The first-order chi connectivity index (χ1) is 10.1. The van der Waals surface area contributed by atoms with Gasteiger partial charge in [-0.2, -0.15) is 0 Å². The molecule has 0 radical (unpaired) electrons. The van der Waals surface area contributed by atoms with Crippen LogP contribution in [0.2, 0.25) is 0 Å². The van der Waals surface area contributed by atoms with E-state index in [4.69, 9.17) is 14.0 Å². The molecule has 1 saturated carbocycles. The van der Waals surface area contributed by atoms with E-state index in [9.17, 15) is 8.78 Å². The first-order valence-corrected chi connectivity index (χ1v) is 7.44. The first kappa shape index (κ1) is 15.7. The second-order valence-electron chi connectivity index (χ2n) is 7.02. The smallest absolute Gasteiger partial charge is 0.474 e. The van der Waals surface area contributed by atoms with Gasteiger partial charge in [0.05, 0.1) is 11.2 Å². The fraction of sp³-hybridized carbons (Fsp3) is 0.667. The number of rotatable bonds is 3. The molecule has 22 heavy (non-hydrogen) atoms. The van der Waals surface area contributed by atoms with Gasteiger partial charge in [0.1, 0.15) is 6.10 Å². The molecular weight excluding hydrogens is 291 g/mol. The molecule has 1 aromatic heterocycles. The maximum Gasteiger partial charge on any atom is 0.496 e. The molecule has 1 aromatic rings. The van der Waals surface area contributed by atoms with Gasteiger partial charge in [-0.1, -0.05) is 6.07 Å². The molecule has 0 aromatic carbocycles. The lowest BCUT2D eigenvalue weighted by molar-refractivity contribution is -0.135. The van der Waals surface area contributed by atoms with Crippen molar-refractivity contribution in [3.8, 4) is 5.88 Å². The monoisotopic (exact) mass is 311 g/mol. The van der Waals surface area contributed by atoms with Gasteiger partial charge in [0.2, 0.25) is 5.88 Å². The van der Waals surface area contributed by atoms with Gasteiger partial charge in [-0.05, 0) is 33.8 Å². The number of hydrogen-bond donors (Lipinski definition) is 0. The minimum atomic E-state index is -2.59. The van der Waals surface area contributed by atoms with E-state index in [1.54, 1.807) is 18.3 Å². The topological polar surface area (TPSA) is 40.6 Å². The summed E-state index contributed by atoms with van der Waals surface area (Å²) in [5.41, 5.74) is -0.0423. The molecule has 3 rings (SSSR count). The Balaban J connectivity index is 1.63. The van der Waals surface area contributed by atoms with Crippen LogP contribution in [0, 0.1) is 0 Å². The molecule has 4 nitrogen and oxygen atoms in total. The Morgan fingerprint density at radius 1 is 1.14 bits per heavy atom. The molecule has 1 aliphatic heterocycles. The standard InChI is InChI=1S/C15H20BF2NO3/c1-13(2)14(3,4)22-16(21-13)10-5-6-12(19-9-10)20-11-7-15(17,18)8-11/h5-6,9,11H,7-8H2,1-4H3. The van der Waals surface area contributed by atoms with E-state index in [1.807, 2.05) is 27.7 Å². The third-order valence-electron chi connectivity index (χ3n) is 4.62. The van der Waals surface area contributed by atoms with E-state index in [2.05, 4.69) is 4.98 Å². The van der Waals surface area contributed by atoms with Crippen LogP contribution in [0.5, 0.6) is 5.88 Å². The Hall–Kier alpha value is -1.21. The predicted octanol–water partition coefficient (Wildman–Crippen LogP) is 2.56. The number of pyridine rings is 1. The molecular formula is C15H20BF2NO3. The van der Waals surface area contributed by atoms with Crippen LogP contribution in [0.1, 0.15) is 40.5 Å². The van der Waals surface area contributed by atoms with E-state index in [-0.39, 0.29) is 12.8 Å². The highest BCUT2D eigenvalue weighted by molar-refractivity contribution is 6.62. The molecule has 0 unspecified atom stereocenters. The van der Waals surface area contributed by atoms with E-state index in [0.29, 0.717) is 5.88 Å². The van der Waals surface area contributed by atoms with Crippen molar-refractivity contribution in [1.82, 2.24) is 4.98 Å². The maximum atomic E-state index is 12.8. The first-order valence-electron chi connectivity index (χ1n) is 7.44. The molecule has 2 fully saturated rings. The highest BCUT2D eigenvalue weighted by Crippen LogP contribution is 2.39. The molecule has 2 aliphatic rings. The molecule has 1 aliphatic carbocycles. The molecule has 1 saturated heterocycles. The van der Waals surface area contributed by atoms with Gasteiger partial charge in [0, 0.05) is 24.5 Å². The second-order valence-corrected chi connectivity index (χ2v) is 7.02. The summed E-state index contributed by atoms with van der Waals surface area (Å²) in [5, 5.41) is 0. The number of nitrogens with zero attached hydrogens (tertiary/aromatic N) is 1. The molecule has 0 atom stereocenters. The zero-order valence-corrected chi connectivity index (χ0v) is 13.2. The highest BCUT2D eigenvalue weighted by atomic mass is 19.3. The molecule has 0 N–H and O–H groups in total. The molecule has 0 spiro atoms. The van der Waals surface area contributed by atoms with Crippen LogP contribution in [0.25, 0.3) is 0 Å². The lowest BCUT2D eigenvalue weighted by atomic mass is 9.80. The third kappa shape index (κ3) is 2.84. The van der Waals surface area contributed by atoms with Crippen LogP contribution in [-0.4, -0.2) is 35.3 Å². The predicted molar refractivity (Wildman–Crippen MR) is 78.6 cm³/mol. The van der Waals surface area contributed by atoms with Crippen molar-refractivity contribution in [3.05, 3.63) is 18.3 Å². The van der Waals surface area contributed by atoms with Gasteiger partial charge >= 0.3 is 7.12 Å². The zero-order valence-electron chi connectivity index (χ0n) is 13.2. The van der Waals surface area contributed by atoms with E-state index >= 15 is 0 Å². The third-order valence-corrected chi connectivity index (χ3v) is 4.62. The fourth-order valence-electron chi connectivity index (χ4n) is 2.44. The summed E-state index contributed by atoms with van der Waals surface area (Å²) in [5.74, 6) is -2.24. The van der Waals surface area contributed by atoms with Crippen molar-refractivity contribution in [2.75, 3.05) is 0 Å². The van der Waals surface area contributed by atoms with Gasteiger partial charge < -0.3 is 14.0 Å². The van der Waals surface area contributed by atoms with Gasteiger partial charge in [-0.15, -0.1) is 0 Å². The van der Waals surface area contributed by atoms with Gasteiger partial charge in [0.15, 0.2) is 0 Å². The van der Waals surface area contributed by atoms with E-state index in [0.717, 1.165) is 5.46 Å². The minimum absolute atomic E-state index is 0.242. The average molecular weight is 311 g/mol. The summed E-state index contributed by atoms with van der Waals surface area (Å²) in [4.78, 5) is 4.16. The largest absolute Gasteiger partial charge is 0.496 e. The lowest BCUT2D eigenvalue weighted by Crippen LogP contribution is -2.43. The summed E-state index contributed by atoms with van der Waals surface area (Å²) in [6.07, 6.45) is 0.667. The number of hydrogen-bond acceptors (Lipinski definition) is 4. The minimum Gasteiger partial charge on any atom is -0.474 e. The van der Waals surface area contributed by atoms with Gasteiger partial charge in [0.25, 0.3) is 5.92 Å². The number of aromatic nitrogens is 1. The van der Waals surface area contributed by atoms with Crippen molar-refractivity contribution in [3.63, 3.8) is 0 Å². The summed E-state index contributed by atoms with van der Waals surface area (Å²) >= 11 is 0. The Kier molecular flexibility index (Phi) is 3.49. The molecule has 120 valence electrons. The SMILES string of the molecule is CC1(C)OB(c2ccc(OC3CC(F)(F)C3)nc2)OC1(C)C. The van der Waals surface area contributed by atoms with Crippen molar-refractivity contribution in [1.29, 1.82) is 0 Å². The molecule has 2 heterocycles. The Labute approximate surface area is 129 Å². The maximum absolute atomic E-state index is 12.8. The molecule has 7 heteroatoms. The lowest BCUT2D eigenvalue weighted by Gasteiger charge is -2.34. The van der Waals surface area contributed by atoms with Crippen LogP contribution >= 0.6 is 0 Å². The summed E-state index contributed by atoms with van der Waals surface area (Å²) in [6, 6.07) is 3.46. The Bertz CT molecular complexity index is 538. The van der Waals surface area contributed by atoms with Crippen LogP contribution in [0.15, 0.2) is 18.3 Å². The summed E-state index contributed by atoms with van der Waals surface area (Å²) < 4.78 is 42.8. The molecule has 0 amide bonds. The fourth-order valence-corrected chi connectivity index (χ4v) is 2.44. The zero-order chi connectivity index (χ0) is 16.2. The summed E-state index contributed by atoms with van der Waals surface area (Å²) in [6.45, 7) is 7.92. The van der Waals surface area contributed by atoms with E-state index < -0.39 is 30.3 Å². The Morgan fingerprint density at radius 3 is 2.18 bits per heavy atom. The Morgan fingerprint density at radius 2 is 1.73 bits per heavy atom. The van der Waals surface area contributed by atoms with Gasteiger partial charge in [-0.3, -0.25) is 0 Å². The van der Waals surface area contributed by atoms with E-state index in [1.165, 1.54) is 0 Å². The van der Waals surface area contributed by atoms with Crippen molar-refractivity contribution in [2.24, 2.45) is 0 Å². The normalized spacial score (nSPS) is 25.8. The number of ether oxygens (including phenoxy) is 1. The molecule has 0 bridgehead atoms. The van der Waals surface area contributed by atoms with Gasteiger partial charge in [-0.25, -0.2) is 13.8 Å². The van der Waals surface area contributed by atoms with Crippen LogP contribution in [-0.2, 0) is 9.31 Å². The number of halogens is 2. The number of alkyl halides is 2.